The minimum Gasteiger partial charge on any atom is -0.352 e. The van der Waals surface area contributed by atoms with E-state index in [1.54, 1.807) is 0 Å². The van der Waals surface area contributed by atoms with Crippen molar-refractivity contribution in [3.8, 4) is 11.3 Å². The molecule has 0 atom stereocenters. The van der Waals surface area contributed by atoms with Gasteiger partial charge in [-0.1, -0.05) is 60.7 Å². The minimum absolute atomic E-state index is 0.105. The molecule has 0 bridgehead atoms. The third-order valence-electron chi connectivity index (χ3n) is 6.23. The van der Waals surface area contributed by atoms with E-state index in [1.165, 1.54) is 11.3 Å². The van der Waals surface area contributed by atoms with Crippen molar-refractivity contribution < 1.29 is 4.79 Å². The average molecular weight is 498 g/mol. The number of nitrogens with zero attached hydrogens (tertiary/aromatic N) is 3. The van der Waals surface area contributed by atoms with Crippen LogP contribution in [0.1, 0.15) is 33.8 Å². The summed E-state index contributed by atoms with van der Waals surface area (Å²) in [5.74, 6) is 0.427. The normalized spacial score (nSPS) is 11.2. The lowest BCUT2D eigenvalue weighted by atomic mass is 10.1. The molecule has 7 nitrogen and oxygen atoms in total. The fourth-order valence-electron chi connectivity index (χ4n) is 4.21. The molecule has 0 saturated carbocycles. The molecule has 0 aliphatic carbocycles. The van der Waals surface area contributed by atoms with Crippen molar-refractivity contribution >= 4 is 27.5 Å². The summed E-state index contributed by atoms with van der Waals surface area (Å²) >= 11 is 1.51. The van der Waals surface area contributed by atoms with Crippen molar-refractivity contribution in [1.82, 2.24) is 25.1 Å². The van der Waals surface area contributed by atoms with E-state index in [1.807, 2.05) is 73.3 Å². The molecule has 0 spiro atoms. The Kier molecular flexibility index (Phi) is 6.77. The lowest BCUT2D eigenvalue weighted by Gasteiger charge is -2.06. The number of thiophene rings is 1. The molecule has 5 aromatic rings. The Balaban J connectivity index is 1.28. The van der Waals surface area contributed by atoms with Crippen LogP contribution in [-0.4, -0.2) is 25.7 Å². The standard InChI is InChI=1S/C28H27N5O2S/c1-18-19(2)36-28-25(18)27(35)30-23(31-28)13-14-24(34)29-15-22-17-33(16-20-9-5-3-6-10-20)32-26(22)21-11-7-4-8-12-21/h3-12,17H,13-16H2,1-2H3,(H,29,34)(H,30,31,35). The molecule has 2 N–H and O–H groups in total. The Morgan fingerprint density at radius 2 is 1.78 bits per heavy atom. The second-order valence-electron chi connectivity index (χ2n) is 8.80. The zero-order chi connectivity index (χ0) is 25.1. The maximum absolute atomic E-state index is 12.7. The molecule has 5 rings (SSSR count). The van der Waals surface area contributed by atoms with Gasteiger partial charge in [-0.2, -0.15) is 5.10 Å². The van der Waals surface area contributed by atoms with Gasteiger partial charge in [-0.3, -0.25) is 14.3 Å². The number of amides is 1. The van der Waals surface area contributed by atoms with Crippen molar-refractivity contribution in [2.24, 2.45) is 0 Å². The monoisotopic (exact) mass is 497 g/mol. The Morgan fingerprint density at radius 1 is 1.06 bits per heavy atom. The second kappa shape index (κ2) is 10.3. The largest absolute Gasteiger partial charge is 0.352 e. The molecule has 1 amide bonds. The number of hydrogen-bond acceptors (Lipinski definition) is 5. The fourth-order valence-corrected chi connectivity index (χ4v) is 5.26. The summed E-state index contributed by atoms with van der Waals surface area (Å²) in [4.78, 5) is 34.4. The summed E-state index contributed by atoms with van der Waals surface area (Å²) < 4.78 is 1.91. The highest BCUT2D eigenvalue weighted by atomic mass is 32.1. The van der Waals surface area contributed by atoms with E-state index >= 15 is 0 Å². The first-order valence-corrected chi connectivity index (χ1v) is 12.7. The molecule has 3 heterocycles. The highest BCUT2D eigenvalue weighted by Crippen LogP contribution is 2.26. The van der Waals surface area contributed by atoms with Gasteiger partial charge in [0.15, 0.2) is 0 Å². The molecule has 0 aliphatic heterocycles. The number of carbonyl (C=O) groups excluding carboxylic acids is 1. The van der Waals surface area contributed by atoms with Crippen LogP contribution in [0.3, 0.4) is 0 Å². The van der Waals surface area contributed by atoms with Gasteiger partial charge in [-0.05, 0) is 25.0 Å². The lowest BCUT2D eigenvalue weighted by Crippen LogP contribution is -2.24. The number of benzene rings is 2. The van der Waals surface area contributed by atoms with Gasteiger partial charge in [-0.25, -0.2) is 4.98 Å². The van der Waals surface area contributed by atoms with Gasteiger partial charge < -0.3 is 10.3 Å². The summed E-state index contributed by atoms with van der Waals surface area (Å²) in [6, 6.07) is 20.1. The van der Waals surface area contributed by atoms with Crippen LogP contribution >= 0.6 is 11.3 Å². The smallest absolute Gasteiger partial charge is 0.259 e. The highest BCUT2D eigenvalue weighted by Gasteiger charge is 2.15. The molecular formula is C28H27N5O2S. The number of H-pyrrole nitrogens is 1. The number of nitrogens with one attached hydrogen (secondary N) is 2. The van der Waals surface area contributed by atoms with Crippen molar-refractivity contribution in [3.05, 3.63) is 105 Å². The van der Waals surface area contributed by atoms with Crippen LogP contribution in [0.15, 0.2) is 71.7 Å². The van der Waals surface area contributed by atoms with Crippen molar-refractivity contribution in [3.63, 3.8) is 0 Å². The second-order valence-corrected chi connectivity index (χ2v) is 10.0. The number of carbonyl (C=O) groups is 1. The maximum Gasteiger partial charge on any atom is 0.259 e. The maximum atomic E-state index is 12.7. The summed E-state index contributed by atoms with van der Waals surface area (Å²) in [5.41, 5.74) is 4.79. The van der Waals surface area contributed by atoms with Gasteiger partial charge in [0.25, 0.3) is 5.56 Å². The molecular weight excluding hydrogens is 470 g/mol. The molecule has 2 aromatic carbocycles. The fraction of sp³-hybridized carbons (Fsp3) is 0.214. The quantitative estimate of drug-likeness (QED) is 0.323. The van der Waals surface area contributed by atoms with Gasteiger partial charge in [0.05, 0.1) is 17.6 Å². The van der Waals surface area contributed by atoms with Gasteiger partial charge in [0.1, 0.15) is 10.7 Å². The van der Waals surface area contributed by atoms with Crippen LogP contribution in [0.4, 0.5) is 0 Å². The number of hydrogen-bond donors (Lipinski definition) is 2. The third-order valence-corrected chi connectivity index (χ3v) is 7.33. The molecule has 182 valence electrons. The number of aromatic amines is 1. The zero-order valence-corrected chi connectivity index (χ0v) is 21.1. The number of aryl methyl sites for hydroxylation is 3. The summed E-state index contributed by atoms with van der Waals surface area (Å²) in [5, 5.41) is 8.47. The number of aromatic nitrogens is 4. The predicted molar refractivity (Wildman–Crippen MR) is 143 cm³/mol. The van der Waals surface area contributed by atoms with E-state index in [-0.39, 0.29) is 17.9 Å². The van der Waals surface area contributed by atoms with Crippen LogP contribution in [-0.2, 0) is 24.3 Å². The topological polar surface area (TPSA) is 92.7 Å². The average Bonchev–Trinajstić information content (AvgIpc) is 3.42. The molecule has 0 fully saturated rings. The van der Waals surface area contributed by atoms with Crippen LogP contribution in [0.2, 0.25) is 0 Å². The van der Waals surface area contributed by atoms with E-state index in [0.717, 1.165) is 37.7 Å². The van der Waals surface area contributed by atoms with E-state index in [4.69, 9.17) is 5.10 Å². The SMILES string of the molecule is Cc1sc2nc(CCC(=O)NCc3cn(Cc4ccccc4)nc3-c3ccccc3)[nH]c(=O)c2c1C. The van der Waals surface area contributed by atoms with E-state index in [9.17, 15) is 9.59 Å². The minimum atomic E-state index is -0.143. The Hall–Kier alpha value is -4.04. The van der Waals surface area contributed by atoms with Crippen molar-refractivity contribution in [2.45, 2.75) is 39.8 Å². The molecule has 0 radical (unpaired) electrons. The Bertz CT molecular complexity index is 1570. The third kappa shape index (κ3) is 5.13. The summed E-state index contributed by atoms with van der Waals surface area (Å²) in [6.07, 6.45) is 2.59. The van der Waals surface area contributed by atoms with Crippen LogP contribution < -0.4 is 10.9 Å². The summed E-state index contributed by atoms with van der Waals surface area (Å²) in [6.45, 7) is 4.94. The molecule has 0 aliphatic rings. The summed E-state index contributed by atoms with van der Waals surface area (Å²) in [7, 11) is 0. The molecule has 0 unspecified atom stereocenters. The lowest BCUT2D eigenvalue weighted by molar-refractivity contribution is -0.121. The number of rotatable bonds is 8. The first-order valence-electron chi connectivity index (χ1n) is 11.9. The van der Waals surface area contributed by atoms with Gasteiger partial charge >= 0.3 is 0 Å². The molecule has 8 heteroatoms. The van der Waals surface area contributed by atoms with Gasteiger partial charge in [-0.15, -0.1) is 11.3 Å². The first kappa shape index (κ1) is 23.7. The molecule has 0 saturated heterocycles. The first-order chi connectivity index (χ1) is 17.5. The van der Waals surface area contributed by atoms with Crippen molar-refractivity contribution in [2.75, 3.05) is 0 Å². The van der Waals surface area contributed by atoms with E-state index in [2.05, 4.69) is 27.4 Å². The predicted octanol–water partition coefficient (Wildman–Crippen LogP) is 4.76. The van der Waals surface area contributed by atoms with Gasteiger partial charge in [0.2, 0.25) is 5.91 Å². The Morgan fingerprint density at radius 3 is 2.53 bits per heavy atom. The van der Waals surface area contributed by atoms with E-state index in [0.29, 0.717) is 30.7 Å². The zero-order valence-electron chi connectivity index (χ0n) is 20.2. The molecule has 36 heavy (non-hydrogen) atoms. The van der Waals surface area contributed by atoms with Crippen molar-refractivity contribution in [1.29, 1.82) is 0 Å². The van der Waals surface area contributed by atoms with E-state index < -0.39 is 0 Å². The van der Waals surface area contributed by atoms with Crippen LogP contribution in [0, 0.1) is 13.8 Å². The number of fused-ring (bicyclic) bond motifs is 1. The van der Waals surface area contributed by atoms with Crippen LogP contribution in [0.5, 0.6) is 0 Å². The highest BCUT2D eigenvalue weighted by molar-refractivity contribution is 7.18. The Labute approximate surface area is 212 Å². The molecule has 3 aromatic heterocycles. The van der Waals surface area contributed by atoms with Gasteiger partial charge in [0, 0.05) is 41.6 Å². The van der Waals surface area contributed by atoms with Crippen LogP contribution in [0.25, 0.3) is 21.5 Å².